The molecule has 1 N–H and O–H groups in total. The van der Waals surface area contributed by atoms with E-state index in [9.17, 15) is 14.4 Å². The molecule has 5 nitrogen and oxygen atoms in total. The number of imide groups is 1. The van der Waals surface area contributed by atoms with Crippen molar-refractivity contribution in [3.63, 3.8) is 0 Å². The fourth-order valence-corrected chi connectivity index (χ4v) is 3.72. The molecule has 0 aromatic heterocycles. The maximum Gasteiger partial charge on any atom is 0.262 e. The Bertz CT molecular complexity index is 1060. The number of fused-ring (bicyclic) bond motifs is 2. The Balaban J connectivity index is 1.68. The number of hydrogen-bond acceptors (Lipinski definition) is 3. The molecule has 4 rings (SSSR count). The molecule has 1 heterocycles. The van der Waals surface area contributed by atoms with Gasteiger partial charge in [-0.2, -0.15) is 0 Å². The van der Waals surface area contributed by atoms with Crippen molar-refractivity contribution in [3.05, 3.63) is 77.9 Å². The van der Waals surface area contributed by atoms with E-state index in [2.05, 4.69) is 5.32 Å². The largest absolute Gasteiger partial charge is 0.324 e. The molecule has 28 heavy (non-hydrogen) atoms. The minimum Gasteiger partial charge on any atom is -0.324 e. The van der Waals surface area contributed by atoms with Crippen molar-refractivity contribution in [1.29, 1.82) is 0 Å². The van der Waals surface area contributed by atoms with E-state index >= 15 is 0 Å². The second kappa shape index (κ2) is 6.93. The molecule has 1 atom stereocenters. The summed E-state index contributed by atoms with van der Waals surface area (Å²) < 4.78 is 0. The molecule has 5 heteroatoms. The van der Waals surface area contributed by atoms with Gasteiger partial charge in [-0.1, -0.05) is 62.4 Å². The van der Waals surface area contributed by atoms with Gasteiger partial charge in [-0.15, -0.1) is 0 Å². The van der Waals surface area contributed by atoms with Crippen molar-refractivity contribution in [2.45, 2.75) is 19.9 Å². The normalized spacial score (nSPS) is 14.5. The van der Waals surface area contributed by atoms with Gasteiger partial charge in [-0.05, 0) is 29.5 Å². The number of carbonyl (C=O) groups is 3. The van der Waals surface area contributed by atoms with Gasteiger partial charge in [0.1, 0.15) is 6.04 Å². The van der Waals surface area contributed by atoms with Crippen LogP contribution in [0.25, 0.3) is 10.8 Å². The molecule has 0 unspecified atom stereocenters. The summed E-state index contributed by atoms with van der Waals surface area (Å²) in [6.07, 6.45) is 0. The van der Waals surface area contributed by atoms with E-state index in [1.807, 2.05) is 56.3 Å². The lowest BCUT2D eigenvalue weighted by Crippen LogP contribution is -2.50. The molecule has 3 amide bonds. The number of nitrogens with zero attached hydrogens (tertiary/aromatic N) is 1. The Morgan fingerprint density at radius 3 is 2.04 bits per heavy atom. The molecule has 0 bridgehead atoms. The van der Waals surface area contributed by atoms with Crippen molar-refractivity contribution in [2.24, 2.45) is 5.92 Å². The molecule has 3 aromatic carbocycles. The fourth-order valence-electron chi connectivity index (χ4n) is 3.72. The molecule has 0 spiro atoms. The highest BCUT2D eigenvalue weighted by molar-refractivity contribution is 6.23. The molecule has 0 aliphatic carbocycles. The van der Waals surface area contributed by atoms with Crippen molar-refractivity contribution in [1.82, 2.24) is 4.90 Å². The van der Waals surface area contributed by atoms with Crippen LogP contribution < -0.4 is 5.32 Å². The lowest BCUT2D eigenvalue weighted by molar-refractivity contribution is -0.121. The third-order valence-corrected chi connectivity index (χ3v) is 5.05. The van der Waals surface area contributed by atoms with Crippen LogP contribution in [0.5, 0.6) is 0 Å². The third kappa shape index (κ3) is 2.85. The van der Waals surface area contributed by atoms with Crippen LogP contribution in [0.3, 0.4) is 0 Å². The minimum atomic E-state index is -0.897. The summed E-state index contributed by atoms with van der Waals surface area (Å²) in [7, 11) is 0. The molecular formula is C23H20N2O3. The van der Waals surface area contributed by atoms with Gasteiger partial charge in [0.2, 0.25) is 5.91 Å². The molecule has 0 saturated carbocycles. The first kappa shape index (κ1) is 17.9. The number of hydrogen-bond donors (Lipinski definition) is 1. The summed E-state index contributed by atoms with van der Waals surface area (Å²) in [6, 6.07) is 19.2. The molecule has 1 aliphatic heterocycles. The van der Waals surface area contributed by atoms with Crippen LogP contribution >= 0.6 is 0 Å². The highest BCUT2D eigenvalue weighted by atomic mass is 16.2. The standard InChI is InChI=1S/C23H20N2O3/c1-14(2)20(25-22(27)17-11-5-6-12-18(17)23(25)28)21(26)24-19-13-7-9-15-8-3-4-10-16(15)19/h3-14,20H,1-2H3,(H,24,26)/t20-/m1/s1. The number of benzene rings is 3. The van der Waals surface area contributed by atoms with Crippen molar-refractivity contribution >= 4 is 34.2 Å². The number of amides is 3. The fraction of sp³-hybridized carbons (Fsp3) is 0.174. The van der Waals surface area contributed by atoms with E-state index in [1.165, 1.54) is 0 Å². The quantitative estimate of drug-likeness (QED) is 0.701. The van der Waals surface area contributed by atoms with Crippen LogP contribution in [0.4, 0.5) is 5.69 Å². The van der Waals surface area contributed by atoms with Crippen molar-refractivity contribution < 1.29 is 14.4 Å². The summed E-state index contributed by atoms with van der Waals surface area (Å²) in [5.41, 5.74) is 1.34. The summed E-state index contributed by atoms with van der Waals surface area (Å²) in [5, 5.41) is 4.83. The SMILES string of the molecule is CC(C)[C@H](C(=O)Nc1cccc2ccccc12)N1C(=O)c2ccccc2C1=O. The highest BCUT2D eigenvalue weighted by Gasteiger charge is 2.43. The summed E-state index contributed by atoms with van der Waals surface area (Å²) in [5.74, 6) is -1.46. The van der Waals surface area contributed by atoms with Crippen LogP contribution in [0, 0.1) is 5.92 Å². The summed E-state index contributed by atoms with van der Waals surface area (Å²) in [4.78, 5) is 40.0. The Kier molecular flexibility index (Phi) is 4.43. The van der Waals surface area contributed by atoms with Crippen LogP contribution in [0.2, 0.25) is 0 Å². The number of anilines is 1. The van der Waals surface area contributed by atoms with E-state index in [1.54, 1.807) is 24.3 Å². The Hall–Kier alpha value is -3.47. The van der Waals surface area contributed by atoms with Gasteiger partial charge in [0.15, 0.2) is 0 Å². The Morgan fingerprint density at radius 1 is 0.821 bits per heavy atom. The number of rotatable bonds is 4. The molecule has 140 valence electrons. The molecular weight excluding hydrogens is 352 g/mol. The summed E-state index contributed by atoms with van der Waals surface area (Å²) >= 11 is 0. The predicted molar refractivity (Wildman–Crippen MR) is 108 cm³/mol. The first-order valence-corrected chi connectivity index (χ1v) is 9.24. The monoisotopic (exact) mass is 372 g/mol. The lowest BCUT2D eigenvalue weighted by atomic mass is 10.0. The second-order valence-corrected chi connectivity index (χ2v) is 7.23. The zero-order chi connectivity index (χ0) is 19.8. The van der Waals surface area contributed by atoms with Crippen molar-refractivity contribution in [2.75, 3.05) is 5.32 Å². The average molecular weight is 372 g/mol. The highest BCUT2D eigenvalue weighted by Crippen LogP contribution is 2.29. The van der Waals surface area contributed by atoms with Gasteiger partial charge in [0, 0.05) is 11.1 Å². The van der Waals surface area contributed by atoms with Crippen LogP contribution in [-0.4, -0.2) is 28.7 Å². The Morgan fingerprint density at radius 2 is 1.39 bits per heavy atom. The number of nitrogens with one attached hydrogen (secondary N) is 1. The summed E-state index contributed by atoms with van der Waals surface area (Å²) in [6.45, 7) is 3.66. The Labute approximate surface area is 163 Å². The molecule has 0 fully saturated rings. The van der Waals surface area contributed by atoms with E-state index in [0.717, 1.165) is 15.7 Å². The van der Waals surface area contributed by atoms with Gasteiger partial charge in [-0.3, -0.25) is 19.3 Å². The minimum absolute atomic E-state index is 0.239. The van der Waals surface area contributed by atoms with E-state index in [-0.39, 0.29) is 11.8 Å². The smallest absolute Gasteiger partial charge is 0.262 e. The predicted octanol–water partition coefficient (Wildman–Crippen LogP) is 4.10. The van der Waals surface area contributed by atoms with Gasteiger partial charge >= 0.3 is 0 Å². The zero-order valence-electron chi connectivity index (χ0n) is 15.7. The second-order valence-electron chi connectivity index (χ2n) is 7.23. The first-order valence-electron chi connectivity index (χ1n) is 9.24. The van der Waals surface area contributed by atoms with Crippen LogP contribution in [0.1, 0.15) is 34.6 Å². The van der Waals surface area contributed by atoms with Crippen LogP contribution in [0.15, 0.2) is 66.7 Å². The van der Waals surface area contributed by atoms with Gasteiger partial charge in [-0.25, -0.2) is 0 Å². The van der Waals surface area contributed by atoms with E-state index < -0.39 is 17.9 Å². The first-order chi connectivity index (χ1) is 13.5. The number of carbonyl (C=O) groups excluding carboxylic acids is 3. The average Bonchev–Trinajstić information content (AvgIpc) is 2.94. The maximum absolute atomic E-state index is 13.2. The van der Waals surface area contributed by atoms with Crippen LogP contribution in [-0.2, 0) is 4.79 Å². The molecule has 1 aliphatic rings. The molecule has 3 aromatic rings. The topological polar surface area (TPSA) is 66.5 Å². The molecule has 0 radical (unpaired) electrons. The maximum atomic E-state index is 13.2. The van der Waals surface area contributed by atoms with Crippen molar-refractivity contribution in [3.8, 4) is 0 Å². The zero-order valence-corrected chi connectivity index (χ0v) is 15.7. The third-order valence-electron chi connectivity index (χ3n) is 5.05. The molecule has 0 saturated heterocycles. The van der Waals surface area contributed by atoms with E-state index in [4.69, 9.17) is 0 Å². The lowest BCUT2D eigenvalue weighted by Gasteiger charge is -2.28. The van der Waals surface area contributed by atoms with Gasteiger partial charge in [0.25, 0.3) is 11.8 Å². The van der Waals surface area contributed by atoms with Gasteiger partial charge < -0.3 is 5.32 Å². The van der Waals surface area contributed by atoms with Gasteiger partial charge in [0.05, 0.1) is 11.1 Å². The van der Waals surface area contributed by atoms with E-state index in [0.29, 0.717) is 16.8 Å².